The number of aromatic nitrogens is 3. The van der Waals surface area contributed by atoms with Crippen LogP contribution in [0.1, 0.15) is 19.5 Å². The van der Waals surface area contributed by atoms with E-state index >= 15 is 0 Å². The molecule has 0 spiro atoms. The molecule has 0 radical (unpaired) electrons. The Bertz CT molecular complexity index is 460. The van der Waals surface area contributed by atoms with Crippen LogP contribution in [-0.2, 0) is 0 Å². The van der Waals surface area contributed by atoms with Gasteiger partial charge in [-0.25, -0.2) is 4.98 Å². The van der Waals surface area contributed by atoms with Crippen molar-refractivity contribution in [2.45, 2.75) is 26.8 Å². The molecule has 0 bridgehead atoms. The Morgan fingerprint density at radius 2 is 2.12 bits per heavy atom. The molecule has 2 N–H and O–H groups in total. The first-order valence-corrected chi connectivity index (χ1v) is 5.40. The third kappa shape index (κ3) is 2.39. The molecule has 0 unspecified atom stereocenters. The van der Waals surface area contributed by atoms with Gasteiger partial charge in [0.25, 0.3) is 0 Å². The summed E-state index contributed by atoms with van der Waals surface area (Å²) >= 11 is 0. The zero-order valence-electron chi connectivity index (χ0n) is 9.78. The first-order valence-electron chi connectivity index (χ1n) is 5.40. The van der Waals surface area contributed by atoms with Crippen molar-refractivity contribution in [3.8, 4) is 11.3 Å². The van der Waals surface area contributed by atoms with Crippen molar-refractivity contribution in [1.29, 1.82) is 0 Å². The highest BCUT2D eigenvalue weighted by atomic mass is 15.1. The number of anilines is 1. The summed E-state index contributed by atoms with van der Waals surface area (Å²) < 4.78 is 0. The monoisotopic (exact) mass is 216 g/mol. The largest absolute Gasteiger partial charge is 0.368 e. The van der Waals surface area contributed by atoms with Crippen molar-refractivity contribution < 1.29 is 0 Å². The van der Waals surface area contributed by atoms with Crippen LogP contribution < -0.4 is 5.32 Å². The topological polar surface area (TPSA) is 53.6 Å². The number of rotatable bonds is 3. The number of hydrogen-bond acceptors (Lipinski definition) is 3. The Morgan fingerprint density at radius 1 is 1.31 bits per heavy atom. The molecule has 2 aromatic heterocycles. The second kappa shape index (κ2) is 4.35. The van der Waals surface area contributed by atoms with Crippen LogP contribution in [0.3, 0.4) is 0 Å². The molecule has 0 aliphatic heterocycles. The van der Waals surface area contributed by atoms with E-state index in [0.717, 1.165) is 22.8 Å². The van der Waals surface area contributed by atoms with Gasteiger partial charge < -0.3 is 5.32 Å². The highest BCUT2D eigenvalue weighted by Gasteiger charge is 2.04. The minimum atomic E-state index is 0.379. The smallest absolute Gasteiger partial charge is 0.127 e. The van der Waals surface area contributed by atoms with E-state index < -0.39 is 0 Å². The van der Waals surface area contributed by atoms with E-state index in [4.69, 9.17) is 0 Å². The van der Waals surface area contributed by atoms with E-state index in [2.05, 4.69) is 34.3 Å². The maximum Gasteiger partial charge on any atom is 0.127 e. The molecule has 0 amide bonds. The Kier molecular flexibility index (Phi) is 2.90. The fraction of sp³-hybridized carbons (Fsp3) is 0.333. The average molecular weight is 216 g/mol. The van der Waals surface area contributed by atoms with E-state index in [9.17, 15) is 0 Å². The lowest BCUT2D eigenvalue weighted by molar-refractivity contribution is 0.887. The fourth-order valence-corrected chi connectivity index (χ4v) is 1.61. The van der Waals surface area contributed by atoms with Crippen LogP contribution in [0.15, 0.2) is 24.4 Å². The van der Waals surface area contributed by atoms with Crippen molar-refractivity contribution in [2.24, 2.45) is 0 Å². The van der Waals surface area contributed by atoms with Gasteiger partial charge in [-0.05, 0) is 39.0 Å². The molecule has 0 fully saturated rings. The van der Waals surface area contributed by atoms with Crippen molar-refractivity contribution in [3.63, 3.8) is 0 Å². The number of aromatic amines is 1. The van der Waals surface area contributed by atoms with Gasteiger partial charge in [0.05, 0.1) is 5.69 Å². The summed E-state index contributed by atoms with van der Waals surface area (Å²) in [5.41, 5.74) is 3.11. The summed E-state index contributed by atoms with van der Waals surface area (Å²) in [6, 6.07) is 6.40. The Balaban J connectivity index is 2.36. The van der Waals surface area contributed by atoms with Gasteiger partial charge >= 0.3 is 0 Å². The van der Waals surface area contributed by atoms with E-state index in [0.29, 0.717) is 6.04 Å². The fourth-order valence-electron chi connectivity index (χ4n) is 1.61. The number of hydrogen-bond donors (Lipinski definition) is 2. The number of nitrogens with zero attached hydrogens (tertiary/aromatic N) is 2. The van der Waals surface area contributed by atoms with Gasteiger partial charge in [0.1, 0.15) is 5.82 Å². The van der Waals surface area contributed by atoms with Crippen LogP contribution in [0.4, 0.5) is 5.82 Å². The summed E-state index contributed by atoms with van der Waals surface area (Å²) in [5, 5.41) is 10.2. The highest BCUT2D eigenvalue weighted by Crippen LogP contribution is 2.20. The first-order chi connectivity index (χ1) is 7.65. The van der Waals surface area contributed by atoms with Crippen molar-refractivity contribution >= 4 is 5.82 Å². The molecule has 4 nitrogen and oxygen atoms in total. The lowest BCUT2D eigenvalue weighted by atomic mass is 10.1. The molecule has 2 rings (SSSR count). The quantitative estimate of drug-likeness (QED) is 0.829. The predicted octanol–water partition coefficient (Wildman–Crippen LogP) is 2.60. The second-order valence-electron chi connectivity index (χ2n) is 4.15. The third-order valence-electron chi connectivity index (χ3n) is 2.20. The van der Waals surface area contributed by atoms with Crippen LogP contribution in [0.2, 0.25) is 0 Å². The highest BCUT2D eigenvalue weighted by molar-refractivity contribution is 5.63. The molecule has 84 valence electrons. The minimum Gasteiger partial charge on any atom is -0.368 e. The van der Waals surface area contributed by atoms with Crippen LogP contribution in [0.25, 0.3) is 11.3 Å². The van der Waals surface area contributed by atoms with Crippen LogP contribution in [0.5, 0.6) is 0 Å². The van der Waals surface area contributed by atoms with Gasteiger partial charge in [-0.2, -0.15) is 5.10 Å². The number of pyridine rings is 1. The third-order valence-corrected chi connectivity index (χ3v) is 2.20. The lowest BCUT2D eigenvalue weighted by Gasteiger charge is -2.11. The molecular formula is C12H16N4. The number of nitrogens with one attached hydrogen (secondary N) is 2. The van der Waals surface area contributed by atoms with Crippen LogP contribution in [0, 0.1) is 6.92 Å². The molecule has 2 heterocycles. The summed E-state index contributed by atoms with van der Waals surface area (Å²) in [6.07, 6.45) is 1.75. The van der Waals surface area contributed by atoms with Gasteiger partial charge in [-0.15, -0.1) is 0 Å². The lowest BCUT2D eigenvalue weighted by Crippen LogP contribution is -2.11. The first kappa shape index (κ1) is 10.7. The van der Waals surface area contributed by atoms with E-state index in [1.807, 2.05) is 25.1 Å². The molecule has 2 aromatic rings. The van der Waals surface area contributed by atoms with Crippen LogP contribution >= 0.6 is 0 Å². The van der Waals surface area contributed by atoms with Gasteiger partial charge in [-0.1, -0.05) is 0 Å². The molecule has 0 aliphatic carbocycles. The van der Waals surface area contributed by atoms with E-state index in [-0.39, 0.29) is 0 Å². The number of H-pyrrole nitrogens is 1. The van der Waals surface area contributed by atoms with Gasteiger partial charge in [0.2, 0.25) is 0 Å². The molecule has 0 aromatic carbocycles. The van der Waals surface area contributed by atoms with Crippen molar-refractivity contribution in [1.82, 2.24) is 15.2 Å². The zero-order chi connectivity index (χ0) is 11.5. The molecule has 0 atom stereocenters. The SMILES string of the molecule is Cc1cc(-c2ccn[nH]2)cc(NC(C)C)n1. The van der Waals surface area contributed by atoms with E-state index in [1.54, 1.807) is 6.20 Å². The number of aryl methyl sites for hydroxylation is 1. The van der Waals surface area contributed by atoms with Crippen molar-refractivity contribution in [2.75, 3.05) is 5.32 Å². The van der Waals surface area contributed by atoms with Gasteiger partial charge in [-0.3, -0.25) is 5.10 Å². The summed E-state index contributed by atoms with van der Waals surface area (Å²) in [6.45, 7) is 6.19. The molecule has 0 aliphatic rings. The summed E-state index contributed by atoms with van der Waals surface area (Å²) in [4.78, 5) is 4.44. The van der Waals surface area contributed by atoms with Gasteiger partial charge in [0.15, 0.2) is 0 Å². The Labute approximate surface area is 95.1 Å². The summed E-state index contributed by atoms with van der Waals surface area (Å²) in [5.74, 6) is 0.902. The molecular weight excluding hydrogens is 200 g/mol. The second-order valence-corrected chi connectivity index (χ2v) is 4.15. The van der Waals surface area contributed by atoms with E-state index in [1.165, 1.54) is 0 Å². The standard InChI is InChI=1S/C12H16N4/c1-8(2)14-12-7-10(6-9(3)15-12)11-4-5-13-16-11/h4-8H,1-3H3,(H,13,16)(H,14,15). The average Bonchev–Trinajstić information content (AvgIpc) is 2.67. The molecule has 4 heteroatoms. The molecule has 16 heavy (non-hydrogen) atoms. The zero-order valence-corrected chi connectivity index (χ0v) is 9.78. The van der Waals surface area contributed by atoms with Crippen molar-refractivity contribution in [3.05, 3.63) is 30.1 Å². The maximum atomic E-state index is 4.44. The maximum absolute atomic E-state index is 4.44. The Morgan fingerprint density at radius 3 is 2.75 bits per heavy atom. The molecule has 0 saturated heterocycles. The summed E-state index contributed by atoms with van der Waals surface area (Å²) in [7, 11) is 0. The normalized spacial score (nSPS) is 10.8. The van der Waals surface area contributed by atoms with Crippen LogP contribution in [-0.4, -0.2) is 21.2 Å². The van der Waals surface area contributed by atoms with Gasteiger partial charge in [0, 0.05) is 23.5 Å². The minimum absolute atomic E-state index is 0.379. The molecule has 0 saturated carbocycles. The predicted molar refractivity (Wildman–Crippen MR) is 65.3 cm³/mol. The Hall–Kier alpha value is -1.84.